The number of fused-ring (bicyclic) bond motifs is 1. The predicted molar refractivity (Wildman–Crippen MR) is 66.3 cm³/mol. The monoisotopic (exact) mass is 243 g/mol. The highest BCUT2D eigenvalue weighted by atomic mass is 19.1. The topological polar surface area (TPSA) is 37.8 Å². The molecule has 3 rings (SSSR count). The van der Waals surface area contributed by atoms with Crippen LogP contribution in [0, 0.1) is 5.82 Å². The van der Waals surface area contributed by atoms with Crippen LogP contribution in [0.3, 0.4) is 0 Å². The van der Waals surface area contributed by atoms with Gasteiger partial charge in [-0.3, -0.25) is 0 Å². The number of nitrogens with one attached hydrogen (secondary N) is 1. The van der Waals surface area contributed by atoms with Crippen molar-refractivity contribution in [1.82, 2.24) is 15.3 Å². The molecule has 0 fully saturated rings. The molecule has 1 atom stereocenters. The van der Waals surface area contributed by atoms with Gasteiger partial charge in [-0.2, -0.15) is 0 Å². The van der Waals surface area contributed by atoms with Crippen LogP contribution in [0.1, 0.15) is 29.3 Å². The summed E-state index contributed by atoms with van der Waals surface area (Å²) in [5.74, 6) is -0.0844. The van der Waals surface area contributed by atoms with Crippen molar-refractivity contribution in [3.05, 3.63) is 59.4 Å². The average molecular weight is 243 g/mol. The Morgan fingerprint density at radius 2 is 2.28 bits per heavy atom. The Morgan fingerprint density at radius 3 is 3.11 bits per heavy atom. The molecule has 18 heavy (non-hydrogen) atoms. The van der Waals surface area contributed by atoms with Crippen molar-refractivity contribution in [3.63, 3.8) is 0 Å². The van der Waals surface area contributed by atoms with Crippen molar-refractivity contribution in [1.29, 1.82) is 0 Å². The van der Waals surface area contributed by atoms with Crippen LogP contribution in [-0.4, -0.2) is 9.97 Å². The number of hydrogen-bond acceptors (Lipinski definition) is 3. The fraction of sp³-hybridized carbons (Fsp3) is 0.286. The van der Waals surface area contributed by atoms with E-state index in [-0.39, 0.29) is 11.9 Å². The molecule has 1 heterocycles. The zero-order chi connectivity index (χ0) is 12.4. The standard InChI is InChI=1S/C14H14FN3/c15-13-3-1-2-12-11(13)4-5-14(12)17-8-10-6-7-16-9-18-10/h1-3,6-7,9,14,17H,4-5,8H2. The lowest BCUT2D eigenvalue weighted by atomic mass is 10.1. The van der Waals surface area contributed by atoms with Crippen LogP contribution in [0.15, 0.2) is 36.8 Å². The molecule has 1 aromatic heterocycles. The Balaban J connectivity index is 1.72. The van der Waals surface area contributed by atoms with Crippen molar-refractivity contribution in [2.24, 2.45) is 0 Å². The summed E-state index contributed by atoms with van der Waals surface area (Å²) < 4.78 is 13.6. The largest absolute Gasteiger partial charge is 0.304 e. The number of halogens is 1. The van der Waals surface area contributed by atoms with Gasteiger partial charge in [-0.05, 0) is 36.1 Å². The fourth-order valence-electron chi connectivity index (χ4n) is 2.47. The third-order valence-corrected chi connectivity index (χ3v) is 3.39. The summed E-state index contributed by atoms with van der Waals surface area (Å²) in [6.45, 7) is 0.684. The Labute approximate surface area is 105 Å². The van der Waals surface area contributed by atoms with Crippen LogP contribution < -0.4 is 5.32 Å². The van der Waals surface area contributed by atoms with Gasteiger partial charge in [0.2, 0.25) is 0 Å². The smallest absolute Gasteiger partial charge is 0.126 e. The summed E-state index contributed by atoms with van der Waals surface area (Å²) in [7, 11) is 0. The second kappa shape index (κ2) is 4.82. The Kier molecular flexibility index (Phi) is 3.02. The van der Waals surface area contributed by atoms with Crippen molar-refractivity contribution >= 4 is 0 Å². The minimum Gasteiger partial charge on any atom is -0.304 e. The average Bonchev–Trinajstić information content (AvgIpc) is 2.82. The molecule has 1 aliphatic rings. The molecule has 0 aliphatic heterocycles. The van der Waals surface area contributed by atoms with Gasteiger partial charge in [-0.15, -0.1) is 0 Å². The lowest BCUT2D eigenvalue weighted by molar-refractivity contribution is 0.524. The van der Waals surface area contributed by atoms with E-state index >= 15 is 0 Å². The normalized spacial score (nSPS) is 17.7. The van der Waals surface area contributed by atoms with Gasteiger partial charge in [0, 0.05) is 18.8 Å². The van der Waals surface area contributed by atoms with E-state index in [1.165, 1.54) is 6.07 Å². The van der Waals surface area contributed by atoms with E-state index in [1.807, 2.05) is 12.1 Å². The highest BCUT2D eigenvalue weighted by Gasteiger charge is 2.24. The molecule has 0 radical (unpaired) electrons. The van der Waals surface area contributed by atoms with E-state index in [0.29, 0.717) is 6.54 Å². The van der Waals surface area contributed by atoms with Gasteiger partial charge in [0.1, 0.15) is 12.1 Å². The van der Waals surface area contributed by atoms with Crippen LogP contribution in [0.25, 0.3) is 0 Å². The zero-order valence-corrected chi connectivity index (χ0v) is 9.94. The molecule has 3 nitrogen and oxygen atoms in total. The molecule has 1 unspecified atom stereocenters. The van der Waals surface area contributed by atoms with Crippen LogP contribution in [-0.2, 0) is 13.0 Å². The molecule has 2 aromatic rings. The molecule has 0 saturated carbocycles. The second-order valence-corrected chi connectivity index (χ2v) is 4.48. The van der Waals surface area contributed by atoms with Crippen LogP contribution in [0.2, 0.25) is 0 Å². The molecule has 0 bridgehead atoms. The minimum absolute atomic E-state index is 0.0844. The Bertz CT molecular complexity index is 542. The van der Waals surface area contributed by atoms with Crippen molar-refractivity contribution in [2.45, 2.75) is 25.4 Å². The molecule has 4 heteroatoms. The highest BCUT2D eigenvalue weighted by Crippen LogP contribution is 2.32. The van der Waals surface area contributed by atoms with Gasteiger partial charge in [-0.25, -0.2) is 14.4 Å². The maximum Gasteiger partial charge on any atom is 0.126 e. The molecule has 1 aliphatic carbocycles. The molecular formula is C14H14FN3. The molecule has 0 amide bonds. The first-order valence-electron chi connectivity index (χ1n) is 6.10. The molecule has 1 aromatic carbocycles. The van der Waals surface area contributed by atoms with Gasteiger partial charge < -0.3 is 5.32 Å². The van der Waals surface area contributed by atoms with Crippen molar-refractivity contribution < 1.29 is 4.39 Å². The van der Waals surface area contributed by atoms with E-state index in [4.69, 9.17) is 0 Å². The molecule has 92 valence electrons. The fourth-order valence-corrected chi connectivity index (χ4v) is 2.47. The van der Waals surface area contributed by atoms with Gasteiger partial charge in [0.05, 0.1) is 5.69 Å². The molecule has 0 spiro atoms. The maximum atomic E-state index is 13.6. The zero-order valence-electron chi connectivity index (χ0n) is 9.94. The molecule has 1 N–H and O–H groups in total. The minimum atomic E-state index is -0.0844. The lowest BCUT2D eigenvalue weighted by Crippen LogP contribution is -2.19. The summed E-state index contributed by atoms with van der Waals surface area (Å²) in [6.07, 6.45) is 5.02. The molecule has 0 saturated heterocycles. The first kappa shape index (κ1) is 11.3. The summed E-state index contributed by atoms with van der Waals surface area (Å²) in [4.78, 5) is 8.05. The van der Waals surface area contributed by atoms with Gasteiger partial charge >= 0.3 is 0 Å². The van der Waals surface area contributed by atoms with E-state index in [9.17, 15) is 4.39 Å². The first-order chi connectivity index (χ1) is 8.84. The number of benzene rings is 1. The van der Waals surface area contributed by atoms with E-state index in [0.717, 1.165) is 29.7 Å². The third-order valence-electron chi connectivity index (χ3n) is 3.39. The quantitative estimate of drug-likeness (QED) is 0.899. The predicted octanol–water partition coefficient (Wildman–Crippen LogP) is 2.39. The van der Waals surface area contributed by atoms with E-state index in [1.54, 1.807) is 18.6 Å². The Morgan fingerprint density at radius 1 is 1.33 bits per heavy atom. The third kappa shape index (κ3) is 2.11. The highest BCUT2D eigenvalue weighted by molar-refractivity contribution is 5.35. The van der Waals surface area contributed by atoms with Crippen LogP contribution >= 0.6 is 0 Å². The first-order valence-corrected chi connectivity index (χ1v) is 6.10. The second-order valence-electron chi connectivity index (χ2n) is 4.48. The van der Waals surface area contributed by atoms with Crippen molar-refractivity contribution in [2.75, 3.05) is 0 Å². The summed E-state index contributed by atoms with van der Waals surface area (Å²) >= 11 is 0. The SMILES string of the molecule is Fc1cccc2c1CCC2NCc1ccncn1. The van der Waals surface area contributed by atoms with Gasteiger partial charge in [0.15, 0.2) is 0 Å². The summed E-state index contributed by atoms with van der Waals surface area (Å²) in [5, 5.41) is 3.42. The number of hydrogen-bond donors (Lipinski definition) is 1. The van der Waals surface area contributed by atoms with Crippen molar-refractivity contribution in [3.8, 4) is 0 Å². The lowest BCUT2D eigenvalue weighted by Gasteiger charge is -2.13. The number of aromatic nitrogens is 2. The van der Waals surface area contributed by atoms with E-state index in [2.05, 4.69) is 15.3 Å². The summed E-state index contributed by atoms with van der Waals surface area (Å²) in [5.41, 5.74) is 2.90. The number of nitrogens with zero attached hydrogens (tertiary/aromatic N) is 2. The van der Waals surface area contributed by atoms with Crippen LogP contribution in [0.5, 0.6) is 0 Å². The Hall–Kier alpha value is -1.81. The van der Waals surface area contributed by atoms with E-state index < -0.39 is 0 Å². The van der Waals surface area contributed by atoms with Gasteiger partial charge in [-0.1, -0.05) is 12.1 Å². The maximum absolute atomic E-state index is 13.6. The van der Waals surface area contributed by atoms with Gasteiger partial charge in [0.25, 0.3) is 0 Å². The molecular weight excluding hydrogens is 229 g/mol. The summed E-state index contributed by atoms with van der Waals surface area (Å²) in [6, 6.07) is 7.42. The number of rotatable bonds is 3. The van der Waals surface area contributed by atoms with Crippen LogP contribution in [0.4, 0.5) is 4.39 Å².